The molecule has 0 rings (SSSR count). The standard InChI is InChI=1S/C7H14FN3O2/c1-5(2)4-11(6(12)3-8)10-7(9)13/h5H,3-4H2,1-2H3,(H3,9,10,13). The van der Waals surface area contributed by atoms with Crippen molar-refractivity contribution in [1.82, 2.24) is 10.4 Å². The molecule has 0 aliphatic carbocycles. The van der Waals surface area contributed by atoms with Gasteiger partial charge in [0.15, 0.2) is 6.67 Å². The predicted octanol–water partition coefficient (Wildman–Crippen LogP) is 0.0238. The van der Waals surface area contributed by atoms with Gasteiger partial charge < -0.3 is 5.73 Å². The van der Waals surface area contributed by atoms with Crippen LogP contribution in [0.25, 0.3) is 0 Å². The first-order chi connectivity index (χ1) is 5.97. The highest BCUT2D eigenvalue weighted by molar-refractivity contribution is 5.81. The average Bonchev–Trinajstić information content (AvgIpc) is 2.00. The highest BCUT2D eigenvalue weighted by Crippen LogP contribution is 1.96. The van der Waals surface area contributed by atoms with Gasteiger partial charge in [0.05, 0.1) is 0 Å². The summed E-state index contributed by atoms with van der Waals surface area (Å²) in [5.41, 5.74) is 6.84. The number of hydrogen-bond donors (Lipinski definition) is 2. The van der Waals surface area contributed by atoms with E-state index in [-0.39, 0.29) is 12.5 Å². The van der Waals surface area contributed by atoms with E-state index in [4.69, 9.17) is 5.73 Å². The average molecular weight is 191 g/mol. The zero-order valence-electron chi connectivity index (χ0n) is 7.71. The Morgan fingerprint density at radius 3 is 2.38 bits per heavy atom. The van der Waals surface area contributed by atoms with Crippen molar-refractivity contribution in [2.75, 3.05) is 13.2 Å². The maximum absolute atomic E-state index is 12.0. The van der Waals surface area contributed by atoms with Crippen LogP contribution in [0, 0.1) is 5.92 Å². The van der Waals surface area contributed by atoms with E-state index in [1.54, 1.807) is 0 Å². The fourth-order valence-corrected chi connectivity index (χ4v) is 0.780. The molecular weight excluding hydrogens is 177 g/mol. The lowest BCUT2D eigenvalue weighted by molar-refractivity contribution is -0.134. The summed E-state index contributed by atoms with van der Waals surface area (Å²) in [7, 11) is 0. The van der Waals surface area contributed by atoms with Crippen LogP contribution >= 0.6 is 0 Å². The number of hydrazine groups is 1. The monoisotopic (exact) mass is 191 g/mol. The minimum Gasteiger partial charge on any atom is -0.350 e. The van der Waals surface area contributed by atoms with Crippen molar-refractivity contribution in [2.45, 2.75) is 13.8 Å². The van der Waals surface area contributed by atoms with Crippen LogP contribution in [0.4, 0.5) is 9.18 Å². The van der Waals surface area contributed by atoms with Crippen molar-refractivity contribution in [1.29, 1.82) is 0 Å². The quantitative estimate of drug-likeness (QED) is 0.617. The molecule has 6 heteroatoms. The van der Waals surface area contributed by atoms with E-state index in [9.17, 15) is 14.0 Å². The topological polar surface area (TPSA) is 75.4 Å². The van der Waals surface area contributed by atoms with Gasteiger partial charge in [0.25, 0.3) is 5.91 Å². The molecule has 0 unspecified atom stereocenters. The zero-order chi connectivity index (χ0) is 10.4. The molecule has 0 saturated carbocycles. The number of carbonyl (C=O) groups is 2. The third-order valence-corrected chi connectivity index (χ3v) is 1.21. The maximum atomic E-state index is 12.0. The fraction of sp³-hybridized carbons (Fsp3) is 0.714. The molecule has 0 heterocycles. The van der Waals surface area contributed by atoms with Crippen LogP contribution in [0.5, 0.6) is 0 Å². The summed E-state index contributed by atoms with van der Waals surface area (Å²) in [6.45, 7) is 2.76. The molecule has 0 aliphatic heterocycles. The van der Waals surface area contributed by atoms with E-state index in [2.05, 4.69) is 0 Å². The molecule has 13 heavy (non-hydrogen) atoms. The van der Waals surface area contributed by atoms with Crippen molar-refractivity contribution in [3.63, 3.8) is 0 Å². The lowest BCUT2D eigenvalue weighted by Gasteiger charge is -2.22. The first-order valence-corrected chi connectivity index (χ1v) is 3.89. The van der Waals surface area contributed by atoms with E-state index in [0.717, 1.165) is 5.01 Å². The number of hydrogen-bond acceptors (Lipinski definition) is 2. The summed E-state index contributed by atoms with van der Waals surface area (Å²) in [6.07, 6.45) is 0. The van der Waals surface area contributed by atoms with Crippen LogP contribution in [0.3, 0.4) is 0 Å². The van der Waals surface area contributed by atoms with E-state index in [1.165, 1.54) is 0 Å². The van der Waals surface area contributed by atoms with Crippen molar-refractivity contribution < 1.29 is 14.0 Å². The second-order valence-corrected chi connectivity index (χ2v) is 3.01. The van der Waals surface area contributed by atoms with Gasteiger partial charge in [-0.05, 0) is 5.92 Å². The summed E-state index contributed by atoms with van der Waals surface area (Å²) >= 11 is 0. The molecule has 0 fully saturated rings. The molecule has 76 valence electrons. The summed E-state index contributed by atoms with van der Waals surface area (Å²) in [6, 6.07) is -0.873. The third kappa shape index (κ3) is 5.00. The number of halogens is 1. The lowest BCUT2D eigenvalue weighted by Crippen LogP contribution is -2.50. The van der Waals surface area contributed by atoms with Crippen LogP contribution in [0.2, 0.25) is 0 Å². The van der Waals surface area contributed by atoms with E-state index in [1.807, 2.05) is 19.3 Å². The van der Waals surface area contributed by atoms with Crippen LogP contribution in [-0.4, -0.2) is 30.2 Å². The normalized spacial score (nSPS) is 9.85. The third-order valence-electron chi connectivity index (χ3n) is 1.21. The summed E-state index contributed by atoms with van der Waals surface area (Å²) in [4.78, 5) is 21.3. The van der Waals surface area contributed by atoms with Gasteiger partial charge in [-0.25, -0.2) is 14.6 Å². The SMILES string of the molecule is CC(C)CN(NC(N)=O)C(=O)CF. The van der Waals surface area contributed by atoms with Gasteiger partial charge in [-0.2, -0.15) is 0 Å². The Morgan fingerprint density at radius 1 is 1.54 bits per heavy atom. The zero-order valence-corrected chi connectivity index (χ0v) is 7.71. The van der Waals surface area contributed by atoms with Gasteiger partial charge in [-0.15, -0.1) is 0 Å². The van der Waals surface area contributed by atoms with Crippen LogP contribution in [0.15, 0.2) is 0 Å². The predicted molar refractivity (Wildman–Crippen MR) is 45.2 cm³/mol. The molecule has 0 aliphatic rings. The minimum absolute atomic E-state index is 0.127. The van der Waals surface area contributed by atoms with Gasteiger partial charge >= 0.3 is 6.03 Å². The second kappa shape index (κ2) is 5.34. The number of nitrogens with zero attached hydrogens (tertiary/aromatic N) is 1. The number of nitrogens with two attached hydrogens (primary N) is 1. The molecule has 0 aromatic heterocycles. The van der Waals surface area contributed by atoms with Gasteiger partial charge in [-0.3, -0.25) is 9.80 Å². The Morgan fingerprint density at radius 2 is 2.08 bits per heavy atom. The minimum atomic E-state index is -1.15. The molecule has 0 saturated heterocycles. The Kier molecular flexibility index (Phi) is 4.79. The number of carbonyl (C=O) groups excluding carboxylic acids is 2. The van der Waals surface area contributed by atoms with Crippen LogP contribution in [0.1, 0.15) is 13.8 Å². The molecule has 5 nitrogen and oxygen atoms in total. The molecule has 0 aromatic rings. The number of alkyl halides is 1. The molecule has 3 amide bonds. The fourth-order valence-electron chi connectivity index (χ4n) is 0.780. The van der Waals surface area contributed by atoms with Crippen molar-refractivity contribution in [3.05, 3.63) is 0 Å². The number of amides is 3. The Balaban J connectivity index is 4.18. The van der Waals surface area contributed by atoms with Gasteiger partial charge in [0.2, 0.25) is 0 Å². The highest BCUT2D eigenvalue weighted by Gasteiger charge is 2.15. The molecule has 3 N–H and O–H groups in total. The van der Waals surface area contributed by atoms with Crippen LogP contribution in [-0.2, 0) is 4.79 Å². The second-order valence-electron chi connectivity index (χ2n) is 3.01. The van der Waals surface area contributed by atoms with E-state index >= 15 is 0 Å². The molecular formula is C7H14FN3O2. The first kappa shape index (κ1) is 11.7. The Hall–Kier alpha value is -1.33. The van der Waals surface area contributed by atoms with Crippen molar-refractivity contribution in [3.8, 4) is 0 Å². The van der Waals surface area contributed by atoms with Crippen molar-refractivity contribution in [2.24, 2.45) is 11.7 Å². The molecule has 0 radical (unpaired) electrons. The van der Waals surface area contributed by atoms with E-state index < -0.39 is 18.6 Å². The number of rotatable bonds is 3. The van der Waals surface area contributed by atoms with Crippen molar-refractivity contribution >= 4 is 11.9 Å². The van der Waals surface area contributed by atoms with Crippen LogP contribution < -0.4 is 11.2 Å². The number of nitrogens with one attached hydrogen (secondary N) is 1. The number of primary amides is 1. The smallest absolute Gasteiger partial charge is 0.331 e. The number of urea groups is 1. The van der Waals surface area contributed by atoms with Gasteiger partial charge in [0, 0.05) is 6.54 Å². The maximum Gasteiger partial charge on any atom is 0.331 e. The summed E-state index contributed by atoms with van der Waals surface area (Å²) in [5.74, 6) is -0.671. The van der Waals surface area contributed by atoms with Gasteiger partial charge in [0.1, 0.15) is 0 Å². The molecule has 0 bridgehead atoms. The Bertz CT molecular complexity index is 196. The molecule has 0 spiro atoms. The highest BCUT2D eigenvalue weighted by atomic mass is 19.1. The molecule has 0 atom stereocenters. The summed E-state index contributed by atoms with van der Waals surface area (Å²) < 4.78 is 12.0. The largest absolute Gasteiger partial charge is 0.350 e. The summed E-state index contributed by atoms with van der Waals surface area (Å²) in [5, 5.41) is 0.882. The first-order valence-electron chi connectivity index (χ1n) is 3.89. The lowest BCUT2D eigenvalue weighted by atomic mass is 10.2. The molecule has 0 aromatic carbocycles. The Labute approximate surface area is 76.0 Å². The van der Waals surface area contributed by atoms with Gasteiger partial charge in [-0.1, -0.05) is 13.8 Å². The van der Waals surface area contributed by atoms with E-state index in [0.29, 0.717) is 0 Å².